The van der Waals surface area contributed by atoms with Crippen LogP contribution >= 0.6 is 0 Å². The Balaban J connectivity index is 2.40. The summed E-state index contributed by atoms with van der Waals surface area (Å²) < 4.78 is 0. The molecule has 0 aromatic rings. The molecular formula is C10H20N2O2. The minimum atomic E-state index is 0.00689. The Morgan fingerprint density at radius 1 is 1.64 bits per heavy atom. The summed E-state index contributed by atoms with van der Waals surface area (Å²) in [7, 11) is 0. The summed E-state index contributed by atoms with van der Waals surface area (Å²) >= 11 is 0. The largest absolute Gasteiger partial charge is 0.396 e. The van der Waals surface area contributed by atoms with Crippen molar-refractivity contribution in [1.29, 1.82) is 0 Å². The molecule has 1 atom stereocenters. The molecule has 82 valence electrons. The van der Waals surface area contributed by atoms with E-state index in [1.54, 1.807) is 0 Å². The molecule has 1 heterocycles. The van der Waals surface area contributed by atoms with Crippen molar-refractivity contribution >= 4 is 5.91 Å². The number of amides is 1. The van der Waals surface area contributed by atoms with Crippen LogP contribution in [0.25, 0.3) is 0 Å². The van der Waals surface area contributed by atoms with E-state index in [-0.39, 0.29) is 18.6 Å². The maximum atomic E-state index is 11.8. The molecule has 0 aromatic carbocycles. The second-order valence-corrected chi connectivity index (χ2v) is 3.65. The zero-order chi connectivity index (χ0) is 10.4. The Bertz CT molecular complexity index is 183. The van der Waals surface area contributed by atoms with Crippen LogP contribution < -0.4 is 5.32 Å². The van der Waals surface area contributed by atoms with Crippen LogP contribution in [-0.4, -0.2) is 48.2 Å². The van der Waals surface area contributed by atoms with Crippen molar-refractivity contribution in [3.8, 4) is 0 Å². The van der Waals surface area contributed by atoms with E-state index < -0.39 is 0 Å². The van der Waals surface area contributed by atoms with Gasteiger partial charge in [0.1, 0.15) is 0 Å². The summed E-state index contributed by atoms with van der Waals surface area (Å²) in [6.45, 7) is 4.55. The Kier molecular flexibility index (Phi) is 4.90. The lowest BCUT2D eigenvalue weighted by molar-refractivity contribution is -0.136. The van der Waals surface area contributed by atoms with E-state index in [0.29, 0.717) is 13.0 Å². The van der Waals surface area contributed by atoms with Crippen LogP contribution in [0.15, 0.2) is 0 Å². The smallest absolute Gasteiger partial charge is 0.239 e. The molecule has 1 unspecified atom stereocenters. The van der Waals surface area contributed by atoms with Gasteiger partial charge in [0.15, 0.2) is 0 Å². The Labute approximate surface area is 85.3 Å². The number of hydrogen-bond donors (Lipinski definition) is 2. The summed E-state index contributed by atoms with van der Waals surface area (Å²) in [6, 6.07) is 0.00689. The van der Waals surface area contributed by atoms with Gasteiger partial charge < -0.3 is 15.3 Å². The van der Waals surface area contributed by atoms with Crippen LogP contribution in [0.2, 0.25) is 0 Å². The van der Waals surface area contributed by atoms with Crippen LogP contribution in [0.5, 0.6) is 0 Å². The van der Waals surface area contributed by atoms with Gasteiger partial charge in [-0.2, -0.15) is 0 Å². The lowest BCUT2D eigenvalue weighted by atomic mass is 10.0. The maximum Gasteiger partial charge on any atom is 0.239 e. The average molecular weight is 200 g/mol. The van der Waals surface area contributed by atoms with Gasteiger partial charge in [-0.05, 0) is 25.8 Å². The number of hydrogen-bond acceptors (Lipinski definition) is 3. The molecule has 2 N–H and O–H groups in total. The Hall–Kier alpha value is -0.610. The third-order valence-corrected chi connectivity index (χ3v) is 2.57. The predicted octanol–water partition coefficient (Wildman–Crippen LogP) is -0.0307. The normalized spacial score (nSPS) is 22.9. The maximum absolute atomic E-state index is 11.8. The van der Waals surface area contributed by atoms with Gasteiger partial charge in [-0.25, -0.2) is 0 Å². The molecule has 1 fully saturated rings. The van der Waals surface area contributed by atoms with Gasteiger partial charge in [0.2, 0.25) is 5.91 Å². The number of carbonyl (C=O) groups excluding carboxylic acids is 1. The van der Waals surface area contributed by atoms with E-state index in [1.165, 1.54) is 0 Å². The molecule has 1 amide bonds. The number of rotatable bonds is 5. The van der Waals surface area contributed by atoms with Gasteiger partial charge >= 0.3 is 0 Å². The summed E-state index contributed by atoms with van der Waals surface area (Å²) in [5.41, 5.74) is 0. The molecule has 0 bridgehead atoms. The molecule has 1 rings (SSSR count). The van der Waals surface area contributed by atoms with Gasteiger partial charge in [-0.1, -0.05) is 6.92 Å². The first-order valence-corrected chi connectivity index (χ1v) is 5.42. The highest BCUT2D eigenvalue weighted by molar-refractivity contribution is 5.82. The number of nitrogens with zero attached hydrogens (tertiary/aromatic N) is 1. The topological polar surface area (TPSA) is 52.6 Å². The second kappa shape index (κ2) is 5.98. The molecule has 0 radical (unpaired) electrons. The fourth-order valence-corrected chi connectivity index (χ4v) is 1.86. The van der Waals surface area contributed by atoms with Crippen LogP contribution in [0.4, 0.5) is 0 Å². The molecule has 0 aromatic heterocycles. The number of aliphatic hydroxyl groups excluding tert-OH is 1. The first-order valence-electron chi connectivity index (χ1n) is 5.42. The highest BCUT2D eigenvalue weighted by atomic mass is 16.3. The lowest BCUT2D eigenvalue weighted by Crippen LogP contribution is -2.50. The summed E-state index contributed by atoms with van der Waals surface area (Å²) in [5.74, 6) is 0.201. The van der Waals surface area contributed by atoms with Gasteiger partial charge in [0.05, 0.1) is 6.04 Å². The van der Waals surface area contributed by atoms with E-state index in [9.17, 15) is 4.79 Å². The molecule has 4 nitrogen and oxygen atoms in total. The van der Waals surface area contributed by atoms with Gasteiger partial charge in [-0.15, -0.1) is 0 Å². The van der Waals surface area contributed by atoms with Gasteiger partial charge in [0, 0.05) is 19.7 Å². The van der Waals surface area contributed by atoms with Crippen LogP contribution in [0.3, 0.4) is 0 Å². The molecule has 1 saturated heterocycles. The molecule has 1 aliphatic heterocycles. The van der Waals surface area contributed by atoms with Crippen molar-refractivity contribution in [3.05, 3.63) is 0 Å². The van der Waals surface area contributed by atoms with Crippen molar-refractivity contribution in [1.82, 2.24) is 10.2 Å². The predicted molar refractivity (Wildman–Crippen MR) is 55.0 cm³/mol. The van der Waals surface area contributed by atoms with Crippen molar-refractivity contribution < 1.29 is 9.90 Å². The highest BCUT2D eigenvalue weighted by Crippen LogP contribution is 2.11. The zero-order valence-corrected chi connectivity index (χ0v) is 8.83. The quantitative estimate of drug-likeness (QED) is 0.655. The van der Waals surface area contributed by atoms with E-state index in [1.807, 2.05) is 11.8 Å². The minimum absolute atomic E-state index is 0.00689. The molecule has 1 aliphatic rings. The van der Waals surface area contributed by atoms with Gasteiger partial charge in [0.25, 0.3) is 0 Å². The van der Waals surface area contributed by atoms with E-state index >= 15 is 0 Å². The van der Waals surface area contributed by atoms with Gasteiger partial charge in [-0.3, -0.25) is 4.79 Å². The minimum Gasteiger partial charge on any atom is -0.396 e. The molecule has 0 aliphatic carbocycles. The summed E-state index contributed by atoms with van der Waals surface area (Å²) in [5, 5.41) is 11.9. The van der Waals surface area contributed by atoms with E-state index in [0.717, 1.165) is 25.9 Å². The van der Waals surface area contributed by atoms with Crippen molar-refractivity contribution in [3.63, 3.8) is 0 Å². The van der Waals surface area contributed by atoms with E-state index in [4.69, 9.17) is 5.11 Å². The third kappa shape index (κ3) is 2.96. The van der Waals surface area contributed by atoms with Crippen molar-refractivity contribution in [2.45, 2.75) is 32.2 Å². The Morgan fingerprint density at radius 2 is 2.43 bits per heavy atom. The number of nitrogens with one attached hydrogen (secondary N) is 1. The first kappa shape index (κ1) is 11.5. The van der Waals surface area contributed by atoms with Crippen LogP contribution in [0.1, 0.15) is 26.2 Å². The molecule has 0 saturated carbocycles. The number of piperidine rings is 1. The fourth-order valence-electron chi connectivity index (χ4n) is 1.86. The van der Waals surface area contributed by atoms with Crippen molar-refractivity contribution in [2.75, 3.05) is 26.2 Å². The molecule has 14 heavy (non-hydrogen) atoms. The Morgan fingerprint density at radius 3 is 3.07 bits per heavy atom. The number of aliphatic hydroxyl groups is 1. The lowest BCUT2D eigenvalue weighted by Gasteiger charge is -2.32. The number of likely N-dealkylation sites (N-methyl/N-ethyl adjacent to an activating group) is 1. The SMILES string of the molecule is CCNC1CCCN(CCCO)C1=O. The molecule has 0 spiro atoms. The average Bonchev–Trinajstić information content (AvgIpc) is 2.20. The number of likely N-dealkylation sites (tertiary alicyclic amines) is 1. The summed E-state index contributed by atoms with van der Waals surface area (Å²) in [6.07, 6.45) is 2.70. The standard InChI is InChI=1S/C10H20N2O2/c1-2-11-9-5-3-6-12(10(9)14)7-4-8-13/h9,11,13H,2-8H2,1H3. The first-order chi connectivity index (χ1) is 6.79. The monoisotopic (exact) mass is 200 g/mol. The molecular weight excluding hydrogens is 180 g/mol. The van der Waals surface area contributed by atoms with E-state index in [2.05, 4.69) is 5.32 Å². The second-order valence-electron chi connectivity index (χ2n) is 3.65. The fraction of sp³-hybridized carbons (Fsp3) is 0.900. The summed E-state index contributed by atoms with van der Waals surface area (Å²) in [4.78, 5) is 13.7. The third-order valence-electron chi connectivity index (χ3n) is 2.57. The van der Waals surface area contributed by atoms with Crippen LogP contribution in [0, 0.1) is 0 Å². The van der Waals surface area contributed by atoms with Crippen LogP contribution in [-0.2, 0) is 4.79 Å². The molecule has 4 heteroatoms. The zero-order valence-electron chi connectivity index (χ0n) is 8.83. The van der Waals surface area contributed by atoms with Crippen molar-refractivity contribution in [2.24, 2.45) is 0 Å². The number of carbonyl (C=O) groups is 1. The highest BCUT2D eigenvalue weighted by Gasteiger charge is 2.26.